The Morgan fingerprint density at radius 1 is 1.30 bits per heavy atom. The average Bonchev–Trinajstić information content (AvgIpc) is 2.38. The maximum Gasteiger partial charge on any atom is 0.221 e. The van der Waals surface area contributed by atoms with Gasteiger partial charge in [0.2, 0.25) is 5.91 Å². The number of fused-ring (bicyclic) bond motifs is 3. The normalized spacial score (nSPS) is 10.9. The first-order valence-corrected chi connectivity index (χ1v) is 6.28. The minimum Gasteiger partial charge on any atom is -0.382 e. The summed E-state index contributed by atoms with van der Waals surface area (Å²) in [4.78, 5) is 20.0. The summed E-state index contributed by atoms with van der Waals surface area (Å²) in [5.41, 5.74) is 9.20. The molecule has 2 heterocycles. The molecule has 0 atom stereocenters. The highest BCUT2D eigenvalue weighted by Crippen LogP contribution is 2.32. The number of aromatic nitrogens is 2. The molecule has 0 aliphatic heterocycles. The topological polar surface area (TPSA) is 80.9 Å². The molecule has 5 nitrogen and oxygen atoms in total. The first-order valence-electron chi connectivity index (χ1n) is 6.28. The third-order valence-corrected chi connectivity index (χ3v) is 3.17. The van der Waals surface area contributed by atoms with Crippen molar-refractivity contribution in [3.05, 3.63) is 36.0 Å². The summed E-state index contributed by atoms with van der Waals surface area (Å²) in [5, 5.41) is 4.57. The molecule has 1 amide bonds. The van der Waals surface area contributed by atoms with E-state index in [0.717, 1.165) is 21.9 Å². The highest BCUT2D eigenvalue weighted by Gasteiger charge is 2.12. The molecule has 1 aromatic carbocycles. The van der Waals surface area contributed by atoms with Crippen molar-refractivity contribution in [1.82, 2.24) is 9.97 Å². The Kier molecular flexibility index (Phi) is 2.75. The number of nitrogens with two attached hydrogens (primary N) is 1. The van der Waals surface area contributed by atoms with E-state index in [4.69, 9.17) is 5.73 Å². The number of benzene rings is 1. The van der Waals surface area contributed by atoms with Gasteiger partial charge >= 0.3 is 0 Å². The number of carbonyl (C=O) groups is 1. The van der Waals surface area contributed by atoms with Gasteiger partial charge in [0, 0.05) is 23.9 Å². The van der Waals surface area contributed by atoms with Crippen molar-refractivity contribution >= 4 is 39.2 Å². The second-order valence-electron chi connectivity index (χ2n) is 4.78. The van der Waals surface area contributed by atoms with E-state index in [0.29, 0.717) is 17.0 Å². The van der Waals surface area contributed by atoms with Crippen molar-refractivity contribution in [3.63, 3.8) is 0 Å². The van der Waals surface area contributed by atoms with E-state index in [9.17, 15) is 4.79 Å². The van der Waals surface area contributed by atoms with Gasteiger partial charge in [0.15, 0.2) is 5.82 Å². The summed E-state index contributed by atoms with van der Waals surface area (Å²) >= 11 is 0. The standard InChI is InChI=1S/C15H14N4O/c1-8-3-4-10-12(7-8)19-15(16)14-13(10)11(5-6-17-14)18-9(2)20/h3-7H,1-2H3,(H2,16,19)(H,17,18,20). The van der Waals surface area contributed by atoms with Crippen LogP contribution in [-0.2, 0) is 4.79 Å². The summed E-state index contributed by atoms with van der Waals surface area (Å²) in [6, 6.07) is 7.72. The van der Waals surface area contributed by atoms with Gasteiger partial charge in [0.25, 0.3) is 0 Å². The van der Waals surface area contributed by atoms with Crippen molar-refractivity contribution in [3.8, 4) is 0 Å². The molecule has 3 rings (SSSR count). The van der Waals surface area contributed by atoms with Gasteiger partial charge in [-0.2, -0.15) is 0 Å². The van der Waals surface area contributed by atoms with E-state index in [2.05, 4.69) is 15.3 Å². The second kappa shape index (κ2) is 4.45. The molecule has 0 aliphatic carbocycles. The Labute approximate surface area is 115 Å². The van der Waals surface area contributed by atoms with Crippen LogP contribution in [0.5, 0.6) is 0 Å². The van der Waals surface area contributed by atoms with Gasteiger partial charge in [-0.25, -0.2) is 4.98 Å². The van der Waals surface area contributed by atoms with E-state index in [1.54, 1.807) is 12.3 Å². The van der Waals surface area contributed by atoms with Gasteiger partial charge in [-0.05, 0) is 24.6 Å². The molecule has 100 valence electrons. The molecule has 0 saturated carbocycles. The van der Waals surface area contributed by atoms with Crippen molar-refractivity contribution in [2.75, 3.05) is 11.1 Å². The number of pyridine rings is 2. The monoisotopic (exact) mass is 266 g/mol. The smallest absolute Gasteiger partial charge is 0.221 e. The van der Waals surface area contributed by atoms with Crippen LogP contribution in [0.15, 0.2) is 30.5 Å². The molecule has 0 fully saturated rings. The van der Waals surface area contributed by atoms with E-state index in [-0.39, 0.29) is 5.91 Å². The Morgan fingerprint density at radius 2 is 2.10 bits per heavy atom. The van der Waals surface area contributed by atoms with Crippen molar-refractivity contribution in [2.24, 2.45) is 0 Å². The van der Waals surface area contributed by atoms with Gasteiger partial charge in [-0.3, -0.25) is 9.78 Å². The van der Waals surface area contributed by atoms with E-state index >= 15 is 0 Å². The fraction of sp³-hybridized carbons (Fsp3) is 0.133. The van der Waals surface area contributed by atoms with E-state index in [1.807, 2.05) is 25.1 Å². The van der Waals surface area contributed by atoms with Crippen molar-refractivity contribution in [1.29, 1.82) is 0 Å². The highest BCUT2D eigenvalue weighted by molar-refractivity contribution is 6.15. The molecule has 0 bridgehead atoms. The fourth-order valence-corrected chi connectivity index (χ4v) is 2.35. The number of nitrogens with zero attached hydrogens (tertiary/aromatic N) is 2. The van der Waals surface area contributed by atoms with Crippen LogP contribution in [0.2, 0.25) is 0 Å². The molecule has 0 saturated heterocycles. The second-order valence-corrected chi connectivity index (χ2v) is 4.78. The molecule has 0 radical (unpaired) electrons. The summed E-state index contributed by atoms with van der Waals surface area (Å²) < 4.78 is 0. The van der Waals surface area contributed by atoms with E-state index in [1.165, 1.54) is 6.92 Å². The molecule has 0 unspecified atom stereocenters. The Balaban J connectivity index is 2.47. The third-order valence-electron chi connectivity index (χ3n) is 3.17. The summed E-state index contributed by atoms with van der Waals surface area (Å²) in [6.07, 6.45) is 1.62. The molecule has 5 heteroatoms. The third kappa shape index (κ3) is 1.93. The van der Waals surface area contributed by atoms with Gasteiger partial charge in [-0.1, -0.05) is 12.1 Å². The summed E-state index contributed by atoms with van der Waals surface area (Å²) in [5.74, 6) is 0.235. The van der Waals surface area contributed by atoms with Gasteiger partial charge in [0.1, 0.15) is 5.52 Å². The lowest BCUT2D eigenvalue weighted by atomic mass is 10.1. The van der Waals surface area contributed by atoms with Crippen LogP contribution < -0.4 is 11.1 Å². The highest BCUT2D eigenvalue weighted by atomic mass is 16.1. The number of hydrogen-bond donors (Lipinski definition) is 2. The van der Waals surface area contributed by atoms with E-state index < -0.39 is 0 Å². The average molecular weight is 266 g/mol. The molecule has 20 heavy (non-hydrogen) atoms. The lowest BCUT2D eigenvalue weighted by molar-refractivity contribution is -0.114. The number of aryl methyl sites for hydroxylation is 1. The minimum absolute atomic E-state index is 0.131. The number of hydrogen-bond acceptors (Lipinski definition) is 4. The molecular formula is C15H14N4O. The first kappa shape index (κ1) is 12.3. The molecular weight excluding hydrogens is 252 g/mol. The maximum atomic E-state index is 11.4. The van der Waals surface area contributed by atoms with Crippen LogP contribution in [0.4, 0.5) is 11.5 Å². The summed E-state index contributed by atoms with van der Waals surface area (Å²) in [6.45, 7) is 3.47. The Bertz CT molecular complexity index is 842. The number of carbonyl (C=O) groups excluding carboxylic acids is 1. The van der Waals surface area contributed by atoms with Crippen LogP contribution >= 0.6 is 0 Å². The maximum absolute atomic E-state index is 11.4. The van der Waals surface area contributed by atoms with Gasteiger partial charge in [-0.15, -0.1) is 0 Å². The van der Waals surface area contributed by atoms with Crippen molar-refractivity contribution in [2.45, 2.75) is 13.8 Å². The van der Waals surface area contributed by atoms with Crippen LogP contribution in [0.1, 0.15) is 12.5 Å². The zero-order valence-electron chi connectivity index (χ0n) is 11.3. The lowest BCUT2D eigenvalue weighted by Crippen LogP contribution is -2.07. The zero-order valence-corrected chi connectivity index (χ0v) is 11.3. The van der Waals surface area contributed by atoms with Gasteiger partial charge < -0.3 is 11.1 Å². The summed E-state index contributed by atoms with van der Waals surface area (Å²) in [7, 11) is 0. The van der Waals surface area contributed by atoms with Crippen LogP contribution in [-0.4, -0.2) is 15.9 Å². The lowest BCUT2D eigenvalue weighted by Gasteiger charge is -2.11. The predicted octanol–water partition coefficient (Wildman–Crippen LogP) is 2.63. The largest absolute Gasteiger partial charge is 0.382 e. The molecule has 3 aromatic rings. The minimum atomic E-state index is -0.131. The molecule has 0 aliphatic rings. The number of nitrogens with one attached hydrogen (secondary N) is 1. The Hall–Kier alpha value is -2.69. The molecule has 0 spiro atoms. The number of amides is 1. The van der Waals surface area contributed by atoms with Gasteiger partial charge in [0.05, 0.1) is 11.2 Å². The number of nitrogen functional groups attached to an aromatic ring is 1. The van der Waals surface area contributed by atoms with Crippen molar-refractivity contribution < 1.29 is 4.79 Å². The fourth-order valence-electron chi connectivity index (χ4n) is 2.35. The SMILES string of the molecule is CC(=O)Nc1ccnc2c(N)nc3cc(C)ccc3c12. The Morgan fingerprint density at radius 3 is 2.85 bits per heavy atom. The zero-order chi connectivity index (χ0) is 14.3. The predicted molar refractivity (Wildman–Crippen MR) is 80.5 cm³/mol. The molecule has 3 N–H and O–H groups in total. The van der Waals surface area contributed by atoms with Crippen LogP contribution in [0.3, 0.4) is 0 Å². The number of anilines is 2. The molecule has 2 aromatic heterocycles. The van der Waals surface area contributed by atoms with Crippen LogP contribution in [0, 0.1) is 6.92 Å². The van der Waals surface area contributed by atoms with Crippen LogP contribution in [0.25, 0.3) is 21.8 Å². The first-order chi connectivity index (χ1) is 9.56. The number of rotatable bonds is 1. The quantitative estimate of drug-likeness (QED) is 0.663.